The molecule has 0 saturated heterocycles. The van der Waals surface area contributed by atoms with E-state index in [1.807, 2.05) is 0 Å². The lowest BCUT2D eigenvalue weighted by molar-refractivity contribution is -0.168. The first-order chi connectivity index (χ1) is 11.5. The van der Waals surface area contributed by atoms with Crippen LogP contribution in [0.3, 0.4) is 0 Å². The molecule has 138 valence electrons. The van der Waals surface area contributed by atoms with Crippen LogP contribution in [-0.2, 0) is 42.9 Å². The van der Waals surface area contributed by atoms with E-state index in [2.05, 4.69) is 4.74 Å². The summed E-state index contributed by atoms with van der Waals surface area (Å²) >= 11 is 0. The molecule has 0 aliphatic carbocycles. The Morgan fingerprint density at radius 3 is 2.21 bits per heavy atom. The van der Waals surface area contributed by atoms with E-state index in [1.54, 1.807) is 0 Å². The summed E-state index contributed by atoms with van der Waals surface area (Å²) in [6, 6.07) is 0. The molecule has 0 aromatic rings. The van der Waals surface area contributed by atoms with Crippen LogP contribution < -0.4 is 0 Å². The van der Waals surface area contributed by atoms with Crippen molar-refractivity contribution in [1.82, 2.24) is 0 Å². The summed E-state index contributed by atoms with van der Waals surface area (Å²) in [7, 11) is 0. The minimum absolute atomic E-state index is 0.0231. The molecule has 1 N–H and O–H groups in total. The molecule has 0 aliphatic heterocycles. The smallest absolute Gasteiger partial charge is 0.347 e. The Kier molecular flexibility index (Phi) is 13.1. The molecule has 0 fully saturated rings. The molecule has 1 unspecified atom stereocenters. The van der Waals surface area contributed by atoms with Crippen molar-refractivity contribution in [2.75, 3.05) is 39.6 Å². The molecular formula is C14H22O10. The van der Waals surface area contributed by atoms with Gasteiger partial charge in [0.15, 0.2) is 6.10 Å². The number of carboxylic acids is 1. The lowest BCUT2D eigenvalue weighted by Gasteiger charge is -2.13. The van der Waals surface area contributed by atoms with Crippen LogP contribution in [0.4, 0.5) is 0 Å². The highest BCUT2D eigenvalue weighted by Crippen LogP contribution is 1.99. The van der Waals surface area contributed by atoms with Gasteiger partial charge in [0.2, 0.25) is 0 Å². The highest BCUT2D eigenvalue weighted by atomic mass is 16.6. The van der Waals surface area contributed by atoms with Crippen molar-refractivity contribution in [1.29, 1.82) is 0 Å². The lowest BCUT2D eigenvalue weighted by Crippen LogP contribution is -2.28. The number of carboxylic acid groups (broad SMARTS) is 1. The summed E-state index contributed by atoms with van der Waals surface area (Å²) in [6.45, 7) is 1.99. The quantitative estimate of drug-likeness (QED) is 0.179. The molecule has 0 bridgehead atoms. The minimum Gasteiger partial charge on any atom is -0.481 e. The Hall–Kier alpha value is -2.20. The van der Waals surface area contributed by atoms with Crippen LogP contribution in [0, 0.1) is 0 Å². The molecule has 1 atom stereocenters. The van der Waals surface area contributed by atoms with Crippen molar-refractivity contribution in [3.05, 3.63) is 0 Å². The zero-order valence-corrected chi connectivity index (χ0v) is 13.4. The van der Waals surface area contributed by atoms with E-state index in [-0.39, 0.29) is 52.5 Å². The average molecular weight is 350 g/mol. The van der Waals surface area contributed by atoms with E-state index in [0.29, 0.717) is 6.47 Å². The fourth-order valence-corrected chi connectivity index (χ4v) is 1.30. The molecule has 0 rings (SSSR count). The Labute approximate surface area is 138 Å². The van der Waals surface area contributed by atoms with Crippen molar-refractivity contribution in [2.45, 2.75) is 25.9 Å². The van der Waals surface area contributed by atoms with Crippen LogP contribution in [0.2, 0.25) is 0 Å². The van der Waals surface area contributed by atoms with Gasteiger partial charge < -0.3 is 28.8 Å². The van der Waals surface area contributed by atoms with Crippen LogP contribution >= 0.6 is 0 Å². The second-order valence-electron chi connectivity index (χ2n) is 4.39. The van der Waals surface area contributed by atoms with Crippen LogP contribution in [0.15, 0.2) is 0 Å². The van der Waals surface area contributed by atoms with Crippen LogP contribution in [-0.4, -0.2) is 75.2 Å². The molecule has 10 heteroatoms. The maximum Gasteiger partial charge on any atom is 0.347 e. The predicted molar refractivity (Wildman–Crippen MR) is 77.0 cm³/mol. The molecule has 0 radical (unpaired) electrons. The van der Waals surface area contributed by atoms with Crippen LogP contribution in [0.25, 0.3) is 0 Å². The Bertz CT molecular complexity index is 395. The first-order valence-electron chi connectivity index (χ1n) is 7.26. The molecule has 0 aromatic heterocycles. The Balaban J connectivity index is 3.64. The second kappa shape index (κ2) is 14.4. The third-order valence-electron chi connectivity index (χ3n) is 2.44. The number of aliphatic carboxylic acids is 1. The molecule has 0 spiro atoms. The SMILES string of the molecule is CC(OC(=O)CCOCCOC=O)C(=O)OCCOCCC(=O)O. The van der Waals surface area contributed by atoms with Gasteiger partial charge in [-0.2, -0.15) is 0 Å². The van der Waals surface area contributed by atoms with Crippen molar-refractivity contribution in [3.8, 4) is 0 Å². The molecule has 0 aliphatic rings. The first-order valence-corrected chi connectivity index (χ1v) is 7.26. The first kappa shape index (κ1) is 21.8. The standard InChI is InChI=1S/C14H22O10/c1-11(14(19)23-9-8-20-4-2-12(16)17)24-13(18)3-5-21-6-7-22-10-15/h10-11H,2-9H2,1H3,(H,16,17). The van der Waals surface area contributed by atoms with Gasteiger partial charge in [0.05, 0.1) is 39.3 Å². The zero-order valence-electron chi connectivity index (χ0n) is 13.4. The van der Waals surface area contributed by atoms with Crippen LogP contribution in [0.1, 0.15) is 19.8 Å². The number of rotatable bonds is 15. The third kappa shape index (κ3) is 13.5. The predicted octanol–water partition coefficient (Wildman–Crippen LogP) is -0.468. The molecule has 0 heterocycles. The maximum absolute atomic E-state index is 11.5. The number of hydrogen-bond acceptors (Lipinski definition) is 9. The van der Waals surface area contributed by atoms with E-state index in [0.717, 1.165) is 0 Å². The van der Waals surface area contributed by atoms with E-state index in [4.69, 9.17) is 24.1 Å². The monoisotopic (exact) mass is 350 g/mol. The third-order valence-corrected chi connectivity index (χ3v) is 2.44. The minimum atomic E-state index is -1.07. The van der Waals surface area contributed by atoms with Gasteiger partial charge in [-0.15, -0.1) is 0 Å². The number of carbonyl (C=O) groups excluding carboxylic acids is 3. The van der Waals surface area contributed by atoms with Crippen molar-refractivity contribution >= 4 is 24.4 Å². The average Bonchev–Trinajstić information content (AvgIpc) is 2.53. The summed E-state index contributed by atoms with van der Waals surface area (Å²) in [5, 5.41) is 8.39. The van der Waals surface area contributed by atoms with Gasteiger partial charge in [-0.1, -0.05) is 0 Å². The molecule has 24 heavy (non-hydrogen) atoms. The molecule has 0 aromatic carbocycles. The highest BCUT2D eigenvalue weighted by molar-refractivity contribution is 5.79. The number of carbonyl (C=O) groups is 4. The lowest BCUT2D eigenvalue weighted by atomic mass is 10.4. The molecule has 0 saturated carbocycles. The fourth-order valence-electron chi connectivity index (χ4n) is 1.30. The Morgan fingerprint density at radius 1 is 0.958 bits per heavy atom. The highest BCUT2D eigenvalue weighted by Gasteiger charge is 2.19. The second-order valence-corrected chi connectivity index (χ2v) is 4.39. The van der Waals surface area contributed by atoms with E-state index >= 15 is 0 Å². The number of esters is 2. The normalized spacial score (nSPS) is 11.4. The van der Waals surface area contributed by atoms with Gasteiger partial charge in [0.25, 0.3) is 6.47 Å². The molecule has 0 amide bonds. The molecule has 10 nitrogen and oxygen atoms in total. The van der Waals surface area contributed by atoms with Crippen molar-refractivity contribution in [2.24, 2.45) is 0 Å². The largest absolute Gasteiger partial charge is 0.481 e. The summed E-state index contributed by atoms with van der Waals surface area (Å²) in [5.74, 6) is -2.34. The summed E-state index contributed by atoms with van der Waals surface area (Å²) in [4.78, 5) is 43.1. The zero-order chi connectivity index (χ0) is 18.2. The van der Waals surface area contributed by atoms with Gasteiger partial charge >= 0.3 is 17.9 Å². The van der Waals surface area contributed by atoms with E-state index < -0.39 is 24.0 Å². The van der Waals surface area contributed by atoms with Crippen LogP contribution in [0.5, 0.6) is 0 Å². The fraction of sp³-hybridized carbons (Fsp3) is 0.714. The maximum atomic E-state index is 11.5. The number of hydrogen-bond donors (Lipinski definition) is 1. The Morgan fingerprint density at radius 2 is 1.58 bits per heavy atom. The summed E-state index contributed by atoms with van der Waals surface area (Å²) < 4.78 is 24.0. The van der Waals surface area contributed by atoms with E-state index in [9.17, 15) is 19.2 Å². The van der Waals surface area contributed by atoms with Crippen molar-refractivity contribution < 1.29 is 48.0 Å². The molecular weight excluding hydrogens is 328 g/mol. The van der Waals surface area contributed by atoms with Gasteiger partial charge in [-0.3, -0.25) is 14.4 Å². The van der Waals surface area contributed by atoms with Gasteiger partial charge in [-0.25, -0.2) is 4.79 Å². The van der Waals surface area contributed by atoms with E-state index in [1.165, 1.54) is 6.92 Å². The summed E-state index contributed by atoms with van der Waals surface area (Å²) in [5.41, 5.74) is 0. The van der Waals surface area contributed by atoms with Gasteiger partial charge in [0, 0.05) is 0 Å². The van der Waals surface area contributed by atoms with Gasteiger partial charge in [-0.05, 0) is 6.92 Å². The number of ether oxygens (including phenoxy) is 5. The van der Waals surface area contributed by atoms with Gasteiger partial charge in [0.1, 0.15) is 13.2 Å². The topological polar surface area (TPSA) is 135 Å². The summed E-state index contributed by atoms with van der Waals surface area (Å²) in [6.07, 6.45) is -1.27. The van der Waals surface area contributed by atoms with Crippen molar-refractivity contribution in [3.63, 3.8) is 0 Å².